The van der Waals surface area contributed by atoms with Gasteiger partial charge >= 0.3 is 5.97 Å². The van der Waals surface area contributed by atoms with Crippen LogP contribution in [0.5, 0.6) is 5.75 Å². The number of hydrogen-bond acceptors (Lipinski definition) is 6. The van der Waals surface area contributed by atoms with Crippen LogP contribution >= 0.6 is 22.7 Å². The Bertz CT molecular complexity index is 1130. The van der Waals surface area contributed by atoms with Crippen LogP contribution in [0.3, 0.4) is 0 Å². The second-order valence-electron chi connectivity index (χ2n) is 7.81. The van der Waals surface area contributed by atoms with E-state index in [0.29, 0.717) is 11.4 Å². The fourth-order valence-corrected chi connectivity index (χ4v) is 4.72. The van der Waals surface area contributed by atoms with E-state index in [-0.39, 0.29) is 11.5 Å². The van der Waals surface area contributed by atoms with Crippen molar-refractivity contribution in [1.82, 2.24) is 10.3 Å². The van der Waals surface area contributed by atoms with Crippen LogP contribution in [0.25, 0.3) is 20.9 Å². The number of nitrogens with one attached hydrogen (secondary N) is 1. The van der Waals surface area contributed by atoms with E-state index in [1.54, 1.807) is 6.07 Å². The van der Waals surface area contributed by atoms with Crippen molar-refractivity contribution in [1.29, 1.82) is 0 Å². The number of hydrogen-bond donors (Lipinski definition) is 3. The van der Waals surface area contributed by atoms with Crippen molar-refractivity contribution in [3.05, 3.63) is 45.7 Å². The van der Waals surface area contributed by atoms with Crippen molar-refractivity contribution in [2.24, 2.45) is 5.41 Å². The number of aryl methyl sites for hydroxylation is 1. The minimum absolute atomic E-state index is 0.0604. The van der Waals surface area contributed by atoms with Gasteiger partial charge < -0.3 is 15.5 Å². The van der Waals surface area contributed by atoms with Crippen LogP contribution in [0, 0.1) is 18.2 Å². The number of benzene rings is 1. The summed E-state index contributed by atoms with van der Waals surface area (Å²) in [5, 5.41) is 24.4. The van der Waals surface area contributed by atoms with Gasteiger partial charge in [-0.15, -0.1) is 22.7 Å². The van der Waals surface area contributed by atoms with Gasteiger partial charge in [0.25, 0.3) is 0 Å². The molecule has 0 aliphatic rings. The van der Waals surface area contributed by atoms with Crippen LogP contribution in [0.4, 0.5) is 4.39 Å². The summed E-state index contributed by atoms with van der Waals surface area (Å²) in [5.41, 5.74) is 0.818. The minimum atomic E-state index is -1.39. The number of aromatic nitrogens is 1. The van der Waals surface area contributed by atoms with Crippen molar-refractivity contribution in [2.75, 3.05) is 0 Å². The van der Waals surface area contributed by atoms with E-state index in [0.717, 1.165) is 33.3 Å². The van der Waals surface area contributed by atoms with Gasteiger partial charge in [-0.05, 0) is 25.1 Å². The number of amides is 1. The highest BCUT2D eigenvalue weighted by Crippen LogP contribution is 2.39. The Morgan fingerprint density at radius 1 is 1.23 bits per heavy atom. The van der Waals surface area contributed by atoms with E-state index >= 15 is 0 Å². The Labute approximate surface area is 181 Å². The zero-order chi connectivity index (χ0) is 22.2. The summed E-state index contributed by atoms with van der Waals surface area (Å²) >= 11 is 2.73. The minimum Gasteiger partial charge on any atom is -0.507 e. The van der Waals surface area contributed by atoms with Crippen molar-refractivity contribution >= 4 is 34.6 Å². The third-order valence-electron chi connectivity index (χ3n) is 4.37. The molecule has 6 nitrogen and oxygen atoms in total. The summed E-state index contributed by atoms with van der Waals surface area (Å²) < 4.78 is 14.4. The van der Waals surface area contributed by atoms with Crippen LogP contribution in [-0.2, 0) is 11.3 Å². The largest absolute Gasteiger partial charge is 0.507 e. The third-order valence-corrected chi connectivity index (χ3v) is 6.54. The predicted molar refractivity (Wildman–Crippen MR) is 115 cm³/mol. The molecule has 3 rings (SSSR count). The zero-order valence-electron chi connectivity index (χ0n) is 16.9. The lowest BCUT2D eigenvalue weighted by Gasteiger charge is -2.16. The van der Waals surface area contributed by atoms with Crippen LogP contribution in [0.1, 0.15) is 41.8 Å². The fraction of sp³-hybridized carbons (Fsp3) is 0.286. The first-order chi connectivity index (χ1) is 14.0. The average molecular weight is 449 g/mol. The van der Waals surface area contributed by atoms with Crippen molar-refractivity contribution in [3.63, 3.8) is 0 Å². The normalized spacial score (nSPS) is 11.5. The molecule has 2 aromatic heterocycles. The first-order valence-corrected chi connectivity index (χ1v) is 10.8. The Hall–Kier alpha value is -2.78. The number of nitrogens with zero attached hydrogens (tertiary/aromatic N) is 1. The highest BCUT2D eigenvalue weighted by molar-refractivity contribution is 7.17. The monoisotopic (exact) mass is 448 g/mol. The molecule has 3 aromatic rings. The molecule has 158 valence electrons. The highest BCUT2D eigenvalue weighted by atomic mass is 32.1. The Kier molecular flexibility index (Phi) is 5.96. The SMILES string of the molecule is Cc1nc(CNC(=O)C(C)(C)C)sc1-c1csc(-c2cc(O)c(C(=O)O)cc2F)c1. The number of aromatic hydroxyl groups is 1. The van der Waals surface area contributed by atoms with E-state index in [9.17, 15) is 19.1 Å². The molecule has 0 spiro atoms. The molecular weight excluding hydrogens is 427 g/mol. The molecule has 0 fully saturated rings. The number of phenols is 1. The number of carbonyl (C=O) groups excluding carboxylic acids is 1. The van der Waals surface area contributed by atoms with Crippen LogP contribution < -0.4 is 5.32 Å². The van der Waals surface area contributed by atoms with Crippen LogP contribution in [0.2, 0.25) is 0 Å². The molecule has 0 bridgehead atoms. The maximum atomic E-state index is 14.4. The molecule has 0 atom stereocenters. The van der Waals surface area contributed by atoms with E-state index in [1.807, 2.05) is 33.1 Å². The van der Waals surface area contributed by atoms with E-state index in [2.05, 4.69) is 10.3 Å². The summed E-state index contributed by atoms with van der Waals surface area (Å²) in [5.74, 6) is -2.66. The zero-order valence-corrected chi connectivity index (χ0v) is 18.5. The maximum absolute atomic E-state index is 14.4. The van der Waals surface area contributed by atoms with Crippen LogP contribution in [-0.4, -0.2) is 27.1 Å². The van der Waals surface area contributed by atoms with Gasteiger partial charge in [0, 0.05) is 26.8 Å². The summed E-state index contributed by atoms with van der Waals surface area (Å²) in [6.45, 7) is 7.72. The molecule has 0 unspecified atom stereocenters. The molecule has 0 aliphatic heterocycles. The van der Waals surface area contributed by atoms with E-state index in [4.69, 9.17) is 5.11 Å². The first kappa shape index (κ1) is 21.9. The molecular formula is C21H21FN2O4S2. The Morgan fingerprint density at radius 2 is 1.93 bits per heavy atom. The molecule has 0 radical (unpaired) electrons. The van der Waals surface area contributed by atoms with Crippen molar-refractivity contribution < 1.29 is 24.2 Å². The molecule has 0 saturated carbocycles. The number of rotatable bonds is 5. The van der Waals surface area contributed by atoms with Crippen molar-refractivity contribution in [3.8, 4) is 26.6 Å². The number of aromatic carboxylic acids is 1. The second-order valence-corrected chi connectivity index (χ2v) is 9.80. The quantitative estimate of drug-likeness (QED) is 0.507. The molecule has 0 saturated heterocycles. The van der Waals surface area contributed by atoms with Gasteiger partial charge in [-0.25, -0.2) is 14.2 Å². The summed E-state index contributed by atoms with van der Waals surface area (Å²) in [7, 11) is 0. The van der Waals surface area contributed by atoms with Gasteiger partial charge in [0.15, 0.2) is 0 Å². The van der Waals surface area contributed by atoms with Gasteiger partial charge in [0.2, 0.25) is 5.91 Å². The second kappa shape index (κ2) is 8.16. The standard InChI is InChI=1S/C21H21FN2O4S2/c1-10-18(30-17(24-10)8-23-20(28)21(2,3)4)11-5-16(29-9-11)12-7-15(25)13(19(26)27)6-14(12)22/h5-7,9,25H,8H2,1-4H3,(H,23,28)(H,26,27). The maximum Gasteiger partial charge on any atom is 0.339 e. The van der Waals surface area contributed by atoms with E-state index in [1.165, 1.54) is 22.7 Å². The highest BCUT2D eigenvalue weighted by Gasteiger charge is 2.22. The van der Waals surface area contributed by atoms with Gasteiger partial charge in [0.05, 0.1) is 17.1 Å². The number of carboxylic acid groups (broad SMARTS) is 1. The van der Waals surface area contributed by atoms with Crippen molar-refractivity contribution in [2.45, 2.75) is 34.2 Å². The van der Waals surface area contributed by atoms with E-state index < -0.39 is 28.5 Å². The molecule has 2 heterocycles. The van der Waals surface area contributed by atoms with Gasteiger partial charge in [-0.1, -0.05) is 20.8 Å². The smallest absolute Gasteiger partial charge is 0.339 e. The summed E-state index contributed by atoms with van der Waals surface area (Å²) in [6.07, 6.45) is 0. The molecule has 9 heteroatoms. The molecule has 1 amide bonds. The van der Waals surface area contributed by atoms with Gasteiger partial charge in [-0.2, -0.15) is 0 Å². The molecule has 30 heavy (non-hydrogen) atoms. The third kappa shape index (κ3) is 4.52. The molecule has 3 N–H and O–H groups in total. The summed E-state index contributed by atoms with van der Waals surface area (Å²) in [6, 6.07) is 3.72. The topological polar surface area (TPSA) is 99.5 Å². The number of carboxylic acids is 1. The number of thiazole rings is 1. The lowest BCUT2D eigenvalue weighted by Crippen LogP contribution is -2.34. The Balaban J connectivity index is 1.85. The van der Waals surface area contributed by atoms with Crippen LogP contribution in [0.15, 0.2) is 23.6 Å². The fourth-order valence-electron chi connectivity index (χ4n) is 2.74. The number of carbonyl (C=O) groups is 2. The average Bonchev–Trinajstić information content (AvgIpc) is 3.26. The van der Waals surface area contributed by atoms with Gasteiger partial charge in [-0.3, -0.25) is 4.79 Å². The first-order valence-electron chi connectivity index (χ1n) is 9.07. The molecule has 0 aliphatic carbocycles. The Morgan fingerprint density at radius 3 is 2.57 bits per heavy atom. The predicted octanol–water partition coefficient (Wildman–Crippen LogP) is 5.05. The lowest BCUT2D eigenvalue weighted by atomic mass is 9.96. The van der Waals surface area contributed by atoms with Gasteiger partial charge in [0.1, 0.15) is 22.1 Å². The summed E-state index contributed by atoms with van der Waals surface area (Å²) in [4.78, 5) is 29.1. The molecule has 1 aromatic carbocycles. The number of halogens is 1. The number of thiophene rings is 1. The lowest BCUT2D eigenvalue weighted by molar-refractivity contribution is -0.128.